The minimum absolute atomic E-state index is 0.00969. The number of carbonyl (C=O) groups is 1. The van der Waals surface area contributed by atoms with E-state index in [4.69, 9.17) is 5.11 Å². The lowest BCUT2D eigenvalue weighted by Crippen LogP contribution is -2.30. The third-order valence-corrected chi connectivity index (χ3v) is 2.22. The summed E-state index contributed by atoms with van der Waals surface area (Å²) in [4.78, 5) is 12.9. The summed E-state index contributed by atoms with van der Waals surface area (Å²) in [5, 5.41) is 9.17. The zero-order chi connectivity index (χ0) is 11.3. The molecule has 88 valence electrons. The van der Waals surface area contributed by atoms with Crippen LogP contribution in [0.25, 0.3) is 0 Å². The normalized spacial score (nSPS) is 21.3. The van der Waals surface area contributed by atoms with Crippen LogP contribution in [-0.4, -0.2) is 54.7 Å². The van der Waals surface area contributed by atoms with Gasteiger partial charge in [0, 0.05) is 13.1 Å². The van der Waals surface area contributed by atoms with Crippen LogP contribution in [0, 0.1) is 0 Å². The van der Waals surface area contributed by atoms with Gasteiger partial charge < -0.3 is 14.7 Å². The Labute approximate surface area is 86.8 Å². The fourth-order valence-corrected chi connectivity index (χ4v) is 1.46. The number of ether oxygens (including phenoxy) is 1. The molecule has 1 atom stereocenters. The van der Waals surface area contributed by atoms with E-state index in [1.54, 1.807) is 0 Å². The highest BCUT2D eigenvalue weighted by molar-refractivity contribution is 5.76. The maximum absolute atomic E-state index is 11.7. The topological polar surface area (TPSA) is 49.8 Å². The highest BCUT2D eigenvalue weighted by Crippen LogP contribution is 2.09. The largest absolute Gasteiger partial charge is 0.391 e. The molecule has 0 aromatic rings. The quantitative estimate of drug-likeness (QED) is 0.680. The number of hydrogen-bond donors (Lipinski definition) is 1. The van der Waals surface area contributed by atoms with E-state index in [1.807, 2.05) is 0 Å². The molecule has 0 unspecified atom stereocenters. The first kappa shape index (κ1) is 12.3. The monoisotopic (exact) mass is 223 g/mol. The molecule has 4 nitrogen and oxygen atoms in total. The van der Waals surface area contributed by atoms with Crippen LogP contribution >= 0.6 is 0 Å². The van der Waals surface area contributed by atoms with Crippen molar-refractivity contribution in [1.29, 1.82) is 0 Å². The molecule has 1 saturated heterocycles. The van der Waals surface area contributed by atoms with Gasteiger partial charge in [0.1, 0.15) is 6.61 Å². The zero-order valence-electron chi connectivity index (χ0n) is 8.36. The van der Waals surface area contributed by atoms with Gasteiger partial charge >= 0.3 is 0 Å². The summed E-state index contributed by atoms with van der Waals surface area (Å²) in [6, 6.07) is 0. The maximum atomic E-state index is 11.7. The fraction of sp³-hybridized carbons (Fsp3) is 0.889. The first-order valence-electron chi connectivity index (χ1n) is 4.91. The molecule has 0 radical (unpaired) electrons. The number of nitrogens with zero attached hydrogens (tertiary/aromatic N) is 1. The Hall–Kier alpha value is -0.750. The smallest absolute Gasteiger partial charge is 0.261 e. The van der Waals surface area contributed by atoms with Crippen molar-refractivity contribution in [2.45, 2.75) is 25.4 Å². The number of likely N-dealkylation sites (tertiary alicyclic amines) is 1. The van der Waals surface area contributed by atoms with Crippen molar-refractivity contribution in [2.24, 2.45) is 0 Å². The van der Waals surface area contributed by atoms with Crippen LogP contribution < -0.4 is 0 Å². The third-order valence-electron chi connectivity index (χ3n) is 2.22. The summed E-state index contributed by atoms with van der Waals surface area (Å²) in [6.07, 6.45) is -2.26. The number of rotatable bonds is 5. The van der Waals surface area contributed by atoms with Crippen molar-refractivity contribution in [3.63, 3.8) is 0 Å². The highest BCUT2D eigenvalue weighted by Gasteiger charge is 2.23. The molecule has 1 aliphatic rings. The molecular formula is C9H15F2NO3. The molecule has 0 aliphatic carbocycles. The highest BCUT2D eigenvalue weighted by atomic mass is 19.3. The molecule has 0 bridgehead atoms. The van der Waals surface area contributed by atoms with Gasteiger partial charge in [-0.15, -0.1) is 0 Å². The molecule has 1 aliphatic heterocycles. The van der Waals surface area contributed by atoms with Gasteiger partial charge in [-0.3, -0.25) is 4.79 Å². The van der Waals surface area contributed by atoms with Gasteiger partial charge in [-0.05, 0) is 6.42 Å². The summed E-state index contributed by atoms with van der Waals surface area (Å²) in [7, 11) is 0. The van der Waals surface area contributed by atoms with E-state index >= 15 is 0 Å². The number of aliphatic hydroxyl groups excluding tert-OH is 1. The van der Waals surface area contributed by atoms with Crippen LogP contribution in [0.2, 0.25) is 0 Å². The molecule has 15 heavy (non-hydrogen) atoms. The van der Waals surface area contributed by atoms with E-state index in [1.165, 1.54) is 4.90 Å². The first-order valence-corrected chi connectivity index (χ1v) is 4.91. The van der Waals surface area contributed by atoms with Crippen LogP contribution in [-0.2, 0) is 9.53 Å². The number of alkyl halides is 2. The van der Waals surface area contributed by atoms with Gasteiger partial charge in [0.2, 0.25) is 5.91 Å². The number of halogens is 2. The second kappa shape index (κ2) is 5.97. The van der Waals surface area contributed by atoms with E-state index in [0.29, 0.717) is 19.5 Å². The van der Waals surface area contributed by atoms with Gasteiger partial charge in [-0.25, -0.2) is 8.78 Å². The Morgan fingerprint density at radius 2 is 2.33 bits per heavy atom. The number of aliphatic hydroxyl groups is 1. The Morgan fingerprint density at radius 3 is 2.87 bits per heavy atom. The number of β-amino-alcohol motifs (C(OH)–C–C–N with tert-alkyl or cyclic N) is 1. The van der Waals surface area contributed by atoms with Crippen molar-refractivity contribution in [1.82, 2.24) is 4.90 Å². The maximum Gasteiger partial charge on any atom is 0.261 e. The summed E-state index contributed by atoms with van der Waals surface area (Å²) in [6.45, 7) is 0.258. The molecule has 0 spiro atoms. The summed E-state index contributed by atoms with van der Waals surface area (Å²) in [5.41, 5.74) is 0. The van der Waals surface area contributed by atoms with Gasteiger partial charge in [-0.1, -0.05) is 0 Å². The predicted molar refractivity (Wildman–Crippen MR) is 48.6 cm³/mol. The van der Waals surface area contributed by atoms with Crippen molar-refractivity contribution < 1.29 is 23.4 Å². The van der Waals surface area contributed by atoms with Crippen LogP contribution in [0.3, 0.4) is 0 Å². The van der Waals surface area contributed by atoms with E-state index in [2.05, 4.69) is 4.74 Å². The molecule has 0 saturated carbocycles. The molecule has 1 amide bonds. The minimum Gasteiger partial charge on any atom is -0.391 e. The SMILES string of the molecule is O=C(CCOCC(F)F)N1CC[C@H](O)C1. The van der Waals surface area contributed by atoms with E-state index in [0.717, 1.165) is 0 Å². The first-order chi connectivity index (χ1) is 7.09. The number of hydrogen-bond acceptors (Lipinski definition) is 3. The van der Waals surface area contributed by atoms with Crippen molar-refractivity contribution in [3.05, 3.63) is 0 Å². The number of amides is 1. The summed E-state index contributed by atoms with van der Waals surface area (Å²) < 4.78 is 27.9. The van der Waals surface area contributed by atoms with Crippen molar-refractivity contribution in [2.75, 3.05) is 26.3 Å². The average molecular weight is 223 g/mol. The summed E-state index contributed by atoms with van der Waals surface area (Å²) in [5.74, 6) is -0.152. The van der Waals surface area contributed by atoms with E-state index in [9.17, 15) is 13.6 Å². The van der Waals surface area contributed by atoms with E-state index < -0.39 is 19.1 Å². The Balaban J connectivity index is 2.08. The summed E-state index contributed by atoms with van der Waals surface area (Å²) >= 11 is 0. The van der Waals surface area contributed by atoms with Crippen LogP contribution in [0.15, 0.2) is 0 Å². The van der Waals surface area contributed by atoms with Gasteiger partial charge in [0.05, 0.1) is 19.1 Å². The average Bonchev–Trinajstić information content (AvgIpc) is 2.59. The molecule has 1 heterocycles. The zero-order valence-corrected chi connectivity index (χ0v) is 8.36. The Kier molecular flexibility index (Phi) is 4.90. The van der Waals surface area contributed by atoms with Gasteiger partial charge in [0.25, 0.3) is 6.43 Å². The van der Waals surface area contributed by atoms with Crippen LogP contribution in [0.1, 0.15) is 12.8 Å². The molecule has 1 fully saturated rings. The standard InChI is InChI=1S/C9H15F2NO3/c10-8(11)6-15-4-2-9(14)12-3-1-7(13)5-12/h7-8,13H,1-6H2/t7-/m0/s1. The molecule has 0 aromatic carbocycles. The molecule has 1 rings (SSSR count). The predicted octanol–water partition coefficient (Wildman–Crippen LogP) is 0.251. The molecular weight excluding hydrogens is 208 g/mol. The molecule has 6 heteroatoms. The Bertz CT molecular complexity index is 214. The molecule has 0 aromatic heterocycles. The third kappa shape index (κ3) is 4.53. The lowest BCUT2D eigenvalue weighted by molar-refractivity contribution is -0.132. The van der Waals surface area contributed by atoms with Crippen LogP contribution in [0.4, 0.5) is 8.78 Å². The van der Waals surface area contributed by atoms with Crippen molar-refractivity contribution in [3.8, 4) is 0 Å². The van der Waals surface area contributed by atoms with Crippen LogP contribution in [0.5, 0.6) is 0 Å². The second-order valence-electron chi connectivity index (χ2n) is 3.50. The lowest BCUT2D eigenvalue weighted by atomic mass is 10.3. The fourth-order valence-electron chi connectivity index (χ4n) is 1.46. The number of carbonyl (C=O) groups excluding carboxylic acids is 1. The Morgan fingerprint density at radius 1 is 1.60 bits per heavy atom. The van der Waals surface area contributed by atoms with Crippen molar-refractivity contribution >= 4 is 5.91 Å². The van der Waals surface area contributed by atoms with E-state index in [-0.39, 0.29) is 18.9 Å². The molecule has 1 N–H and O–H groups in total. The second-order valence-corrected chi connectivity index (χ2v) is 3.50. The lowest BCUT2D eigenvalue weighted by Gasteiger charge is -2.15. The minimum atomic E-state index is -2.49. The van der Waals surface area contributed by atoms with Gasteiger partial charge in [0.15, 0.2) is 0 Å². The van der Waals surface area contributed by atoms with Gasteiger partial charge in [-0.2, -0.15) is 0 Å².